The second-order valence-corrected chi connectivity index (χ2v) is 4.72. The van der Waals surface area contributed by atoms with Gasteiger partial charge in [-0.15, -0.1) is 11.3 Å². The van der Waals surface area contributed by atoms with Crippen LogP contribution in [0.4, 0.5) is 9.80 Å². The van der Waals surface area contributed by atoms with E-state index in [9.17, 15) is 9.59 Å². The normalized spacial score (nSPS) is 9.94. The summed E-state index contributed by atoms with van der Waals surface area (Å²) in [6, 6.07) is -0.318. The zero-order valence-corrected chi connectivity index (χ0v) is 11.5. The lowest BCUT2D eigenvalue weighted by Gasteiger charge is -2.11. The SMILES string of the molecule is CCCOc1csc(NC(=O)N(C)C)c1C(N)=O. The van der Waals surface area contributed by atoms with Crippen molar-refractivity contribution < 1.29 is 14.3 Å². The summed E-state index contributed by atoms with van der Waals surface area (Å²) in [6.45, 7) is 2.46. The van der Waals surface area contributed by atoms with E-state index in [0.717, 1.165) is 6.42 Å². The molecule has 3 N–H and O–H groups in total. The van der Waals surface area contributed by atoms with Gasteiger partial charge in [-0.1, -0.05) is 6.92 Å². The molecule has 0 aliphatic carbocycles. The number of nitrogens with two attached hydrogens (primary N) is 1. The molecule has 1 rings (SSSR count). The first-order valence-corrected chi connectivity index (χ1v) is 6.37. The third-order valence-corrected chi connectivity index (χ3v) is 2.97. The summed E-state index contributed by atoms with van der Waals surface area (Å²) >= 11 is 1.22. The first-order valence-electron chi connectivity index (χ1n) is 5.49. The van der Waals surface area contributed by atoms with Crippen molar-refractivity contribution >= 4 is 28.3 Å². The molecule has 6 nitrogen and oxygen atoms in total. The largest absolute Gasteiger partial charge is 0.492 e. The molecule has 18 heavy (non-hydrogen) atoms. The van der Waals surface area contributed by atoms with Gasteiger partial charge in [-0.25, -0.2) is 4.79 Å². The molecule has 0 saturated carbocycles. The van der Waals surface area contributed by atoms with Crippen molar-refractivity contribution in [3.63, 3.8) is 0 Å². The second-order valence-electron chi connectivity index (χ2n) is 3.84. The molecular weight excluding hydrogens is 254 g/mol. The smallest absolute Gasteiger partial charge is 0.321 e. The molecule has 1 aromatic rings. The Balaban J connectivity index is 2.95. The third-order valence-electron chi connectivity index (χ3n) is 2.09. The molecule has 0 radical (unpaired) electrons. The van der Waals surface area contributed by atoms with E-state index in [1.807, 2.05) is 6.92 Å². The summed E-state index contributed by atoms with van der Waals surface area (Å²) in [5.74, 6) is -0.195. The van der Waals surface area contributed by atoms with Gasteiger partial charge in [0, 0.05) is 19.5 Å². The Bertz CT molecular complexity index is 443. The van der Waals surface area contributed by atoms with E-state index >= 15 is 0 Å². The molecule has 3 amide bonds. The molecule has 0 aliphatic rings. The molecule has 0 saturated heterocycles. The summed E-state index contributed by atoms with van der Waals surface area (Å²) in [7, 11) is 3.22. The number of hydrogen-bond acceptors (Lipinski definition) is 4. The molecule has 1 heterocycles. The maximum absolute atomic E-state index is 11.5. The Kier molecular flexibility index (Phi) is 4.96. The summed E-state index contributed by atoms with van der Waals surface area (Å²) in [6.07, 6.45) is 0.827. The van der Waals surface area contributed by atoms with E-state index in [1.54, 1.807) is 19.5 Å². The van der Waals surface area contributed by atoms with Gasteiger partial charge in [-0.05, 0) is 6.42 Å². The molecule has 0 spiro atoms. The van der Waals surface area contributed by atoms with E-state index in [0.29, 0.717) is 17.4 Å². The van der Waals surface area contributed by atoms with Crippen LogP contribution in [0.5, 0.6) is 5.75 Å². The van der Waals surface area contributed by atoms with Gasteiger partial charge < -0.3 is 15.4 Å². The maximum Gasteiger partial charge on any atom is 0.321 e. The van der Waals surface area contributed by atoms with Crippen molar-refractivity contribution in [1.82, 2.24) is 4.90 Å². The van der Waals surface area contributed by atoms with Crippen LogP contribution in [0.1, 0.15) is 23.7 Å². The number of ether oxygens (including phenoxy) is 1. The van der Waals surface area contributed by atoms with Gasteiger partial charge in [0.2, 0.25) is 0 Å². The number of anilines is 1. The van der Waals surface area contributed by atoms with Gasteiger partial charge in [-0.3, -0.25) is 10.1 Å². The van der Waals surface area contributed by atoms with Crippen molar-refractivity contribution in [3.8, 4) is 5.75 Å². The lowest BCUT2D eigenvalue weighted by Crippen LogP contribution is -2.28. The fourth-order valence-electron chi connectivity index (χ4n) is 1.19. The number of nitrogens with one attached hydrogen (secondary N) is 1. The first-order chi connectivity index (χ1) is 8.47. The van der Waals surface area contributed by atoms with Gasteiger partial charge >= 0.3 is 6.03 Å². The minimum absolute atomic E-state index is 0.226. The first kappa shape index (κ1) is 14.3. The molecule has 0 aromatic carbocycles. The average molecular weight is 271 g/mol. The molecule has 1 aromatic heterocycles. The Hall–Kier alpha value is -1.76. The summed E-state index contributed by atoms with van der Waals surface area (Å²) in [5.41, 5.74) is 5.53. The van der Waals surface area contributed by atoms with Gasteiger partial charge in [0.15, 0.2) is 0 Å². The molecule has 0 unspecified atom stereocenters. The Morgan fingerprint density at radius 3 is 2.67 bits per heavy atom. The van der Waals surface area contributed by atoms with E-state index in [4.69, 9.17) is 10.5 Å². The van der Waals surface area contributed by atoms with E-state index < -0.39 is 5.91 Å². The lowest BCUT2D eigenvalue weighted by molar-refractivity contribution is 0.0998. The number of nitrogens with zero attached hydrogens (tertiary/aromatic N) is 1. The van der Waals surface area contributed by atoms with Gasteiger partial charge in [-0.2, -0.15) is 0 Å². The number of hydrogen-bond donors (Lipinski definition) is 2. The number of amides is 3. The van der Waals surface area contributed by atoms with E-state index in [2.05, 4.69) is 5.32 Å². The van der Waals surface area contributed by atoms with Crippen molar-refractivity contribution in [1.29, 1.82) is 0 Å². The number of rotatable bonds is 5. The maximum atomic E-state index is 11.5. The zero-order chi connectivity index (χ0) is 13.7. The highest BCUT2D eigenvalue weighted by atomic mass is 32.1. The summed E-state index contributed by atoms with van der Waals surface area (Å²) < 4.78 is 5.41. The molecule has 0 aliphatic heterocycles. The van der Waals surface area contributed by atoms with Crippen LogP contribution in [0.2, 0.25) is 0 Å². The predicted octanol–water partition coefficient (Wildman–Crippen LogP) is 1.73. The standard InChI is InChI=1S/C11H17N3O3S/c1-4-5-17-7-6-18-10(8(7)9(12)15)13-11(16)14(2)3/h6H,4-5H2,1-3H3,(H2,12,15)(H,13,16). The Morgan fingerprint density at radius 1 is 1.50 bits per heavy atom. The van der Waals surface area contributed by atoms with Crippen LogP contribution in [0, 0.1) is 0 Å². The number of carbonyl (C=O) groups excluding carboxylic acids is 2. The summed E-state index contributed by atoms with van der Waals surface area (Å²) in [5, 5.41) is 4.69. The van der Waals surface area contributed by atoms with Gasteiger partial charge in [0.05, 0.1) is 6.61 Å². The van der Waals surface area contributed by atoms with Gasteiger partial charge in [0.1, 0.15) is 16.3 Å². The minimum Gasteiger partial charge on any atom is -0.492 e. The fraction of sp³-hybridized carbons (Fsp3) is 0.455. The monoisotopic (exact) mass is 271 g/mol. The quantitative estimate of drug-likeness (QED) is 0.855. The molecular formula is C11H17N3O3S. The van der Waals surface area contributed by atoms with Gasteiger partial charge in [0.25, 0.3) is 5.91 Å². The van der Waals surface area contributed by atoms with Crippen LogP contribution in [-0.4, -0.2) is 37.5 Å². The molecule has 0 atom stereocenters. The van der Waals surface area contributed by atoms with Crippen molar-refractivity contribution in [2.24, 2.45) is 5.73 Å². The van der Waals surface area contributed by atoms with Crippen LogP contribution < -0.4 is 15.8 Å². The summed E-state index contributed by atoms with van der Waals surface area (Å²) in [4.78, 5) is 24.3. The van der Waals surface area contributed by atoms with Crippen molar-refractivity contribution in [3.05, 3.63) is 10.9 Å². The molecule has 0 fully saturated rings. The molecule has 100 valence electrons. The van der Waals surface area contributed by atoms with Crippen LogP contribution in [0.15, 0.2) is 5.38 Å². The van der Waals surface area contributed by atoms with Crippen LogP contribution in [0.3, 0.4) is 0 Å². The highest BCUT2D eigenvalue weighted by molar-refractivity contribution is 7.15. The molecule has 7 heteroatoms. The number of carbonyl (C=O) groups is 2. The van der Waals surface area contributed by atoms with Crippen molar-refractivity contribution in [2.45, 2.75) is 13.3 Å². The average Bonchev–Trinajstić information content (AvgIpc) is 2.69. The molecule has 0 bridgehead atoms. The fourth-order valence-corrected chi connectivity index (χ4v) is 2.07. The second kappa shape index (κ2) is 6.25. The number of urea groups is 1. The van der Waals surface area contributed by atoms with Crippen molar-refractivity contribution in [2.75, 3.05) is 26.0 Å². The van der Waals surface area contributed by atoms with E-state index in [1.165, 1.54) is 16.2 Å². The minimum atomic E-state index is -0.614. The number of thiophene rings is 1. The van der Waals surface area contributed by atoms with Crippen LogP contribution in [0.25, 0.3) is 0 Å². The van der Waals surface area contributed by atoms with E-state index in [-0.39, 0.29) is 11.6 Å². The highest BCUT2D eigenvalue weighted by Gasteiger charge is 2.20. The highest BCUT2D eigenvalue weighted by Crippen LogP contribution is 2.34. The Morgan fingerprint density at radius 2 is 2.17 bits per heavy atom. The van der Waals surface area contributed by atoms with Crippen LogP contribution in [-0.2, 0) is 0 Å². The van der Waals surface area contributed by atoms with Crippen LogP contribution >= 0.6 is 11.3 Å². The zero-order valence-electron chi connectivity index (χ0n) is 10.6. The topological polar surface area (TPSA) is 84.7 Å². The Labute approximate surface area is 110 Å². The number of primary amides is 1. The third kappa shape index (κ3) is 3.36. The lowest BCUT2D eigenvalue weighted by atomic mass is 10.3. The predicted molar refractivity (Wildman–Crippen MR) is 71.3 cm³/mol.